The van der Waals surface area contributed by atoms with Gasteiger partial charge in [0, 0.05) is 35.7 Å². The molecule has 1 aliphatic carbocycles. The van der Waals surface area contributed by atoms with Gasteiger partial charge in [-0.25, -0.2) is 9.78 Å². The van der Waals surface area contributed by atoms with Crippen molar-refractivity contribution < 1.29 is 5.11 Å². The highest BCUT2D eigenvalue weighted by molar-refractivity contribution is 5.63. The van der Waals surface area contributed by atoms with Crippen LogP contribution < -0.4 is 26.6 Å². The second-order valence-electron chi connectivity index (χ2n) is 8.43. The maximum Gasteiger partial charge on any atom is 0.326 e. The molecule has 1 fully saturated rings. The molecule has 0 radical (unpaired) electrons. The quantitative estimate of drug-likeness (QED) is 0.319. The number of nitrogens with zero attached hydrogens (tertiary/aromatic N) is 5. The Bertz CT molecular complexity index is 1480. The highest BCUT2D eigenvalue weighted by atomic mass is 16.3. The first-order valence-electron chi connectivity index (χ1n) is 11.6. The predicted octanol–water partition coefficient (Wildman–Crippen LogP) is 2.04. The third kappa shape index (κ3) is 4.52. The van der Waals surface area contributed by atoms with Crippen LogP contribution in [0, 0.1) is 0 Å². The second-order valence-corrected chi connectivity index (χ2v) is 8.43. The molecule has 1 saturated carbocycles. The molecule has 1 aliphatic rings. The van der Waals surface area contributed by atoms with Gasteiger partial charge < -0.3 is 20.3 Å². The average molecular weight is 461 g/mol. The standard InChI is InChI=1S/C24H28N8O2/c1-3-11-31(4-2)18-9-7-16(8-10-18)26-20-13-21(27-17-5-6-17)32-22(29-20)15(14-25-32)12-19-23(33)30-24(34)28-19/h7-10,12-14,17,26,33H,3-6,11H2,1-2H3,(H2,28,30,34)/b15-12+,27-21?. The van der Waals surface area contributed by atoms with E-state index in [1.165, 1.54) is 5.69 Å². The number of nitrogens with one attached hydrogen (secondary N) is 3. The Hall–Kier alpha value is -4.08. The van der Waals surface area contributed by atoms with E-state index >= 15 is 0 Å². The summed E-state index contributed by atoms with van der Waals surface area (Å²) in [7, 11) is 0. The lowest BCUT2D eigenvalue weighted by molar-refractivity contribution is 0.454. The Kier molecular flexibility index (Phi) is 5.79. The molecule has 0 bridgehead atoms. The molecular formula is C24H28N8O2. The number of imidazole rings is 1. The van der Waals surface area contributed by atoms with Crippen molar-refractivity contribution in [3.8, 4) is 5.88 Å². The summed E-state index contributed by atoms with van der Waals surface area (Å²) in [5.41, 5.74) is 3.17. The number of rotatable bonds is 8. The van der Waals surface area contributed by atoms with Gasteiger partial charge in [-0.15, -0.1) is 0 Å². The zero-order valence-electron chi connectivity index (χ0n) is 19.2. The van der Waals surface area contributed by atoms with Crippen LogP contribution in [0.1, 0.15) is 38.8 Å². The van der Waals surface area contributed by atoms with Gasteiger partial charge in [-0.3, -0.25) is 9.98 Å². The second kappa shape index (κ2) is 9.05. The largest absolute Gasteiger partial charge is 0.493 e. The van der Waals surface area contributed by atoms with Crippen LogP contribution in [0.2, 0.25) is 0 Å². The average Bonchev–Trinajstić information content (AvgIpc) is 3.46. The minimum absolute atomic E-state index is 0.231. The van der Waals surface area contributed by atoms with Crippen molar-refractivity contribution in [2.24, 2.45) is 4.99 Å². The third-order valence-electron chi connectivity index (χ3n) is 5.76. The van der Waals surface area contributed by atoms with E-state index in [1.54, 1.807) is 16.8 Å². The molecule has 10 nitrogen and oxygen atoms in total. The molecule has 5 rings (SSSR count). The highest BCUT2D eigenvalue weighted by Crippen LogP contribution is 2.23. The molecule has 3 aromatic heterocycles. The lowest BCUT2D eigenvalue weighted by atomic mass is 10.2. The van der Waals surface area contributed by atoms with E-state index in [9.17, 15) is 9.90 Å². The number of anilines is 3. The molecule has 1 aromatic carbocycles. The van der Waals surface area contributed by atoms with E-state index < -0.39 is 5.69 Å². The van der Waals surface area contributed by atoms with Crippen LogP contribution in [-0.4, -0.2) is 48.8 Å². The molecular weight excluding hydrogens is 432 g/mol. The molecule has 0 aliphatic heterocycles. The predicted molar refractivity (Wildman–Crippen MR) is 131 cm³/mol. The topological polar surface area (TPSA) is 127 Å². The summed E-state index contributed by atoms with van der Waals surface area (Å²) < 4.78 is 1.68. The van der Waals surface area contributed by atoms with Crippen LogP contribution in [0.25, 0.3) is 11.7 Å². The number of aromatic amines is 2. The molecule has 0 amide bonds. The Labute approximate surface area is 195 Å². The molecule has 4 aromatic rings. The van der Waals surface area contributed by atoms with Crippen molar-refractivity contribution in [3.63, 3.8) is 0 Å². The van der Waals surface area contributed by atoms with Gasteiger partial charge in [0.25, 0.3) is 0 Å². The van der Waals surface area contributed by atoms with Crippen molar-refractivity contribution in [1.29, 1.82) is 0 Å². The summed E-state index contributed by atoms with van der Waals surface area (Å²) in [6.45, 7) is 6.33. The molecule has 4 N–H and O–H groups in total. The highest BCUT2D eigenvalue weighted by Gasteiger charge is 2.20. The van der Waals surface area contributed by atoms with Gasteiger partial charge in [-0.05, 0) is 56.5 Å². The summed E-state index contributed by atoms with van der Waals surface area (Å²) in [6, 6.07) is 10.5. The monoisotopic (exact) mass is 460 g/mol. The fourth-order valence-electron chi connectivity index (χ4n) is 3.90. The first-order valence-corrected chi connectivity index (χ1v) is 11.6. The maximum absolute atomic E-state index is 11.5. The number of hydrogen-bond donors (Lipinski definition) is 4. The number of benzene rings is 1. The summed E-state index contributed by atoms with van der Waals surface area (Å²) in [5, 5.41) is 18.4. The summed E-state index contributed by atoms with van der Waals surface area (Å²) in [5.74, 6) is 0.410. The van der Waals surface area contributed by atoms with Crippen LogP contribution in [0.5, 0.6) is 5.88 Å². The van der Waals surface area contributed by atoms with E-state index in [2.05, 4.69) is 51.3 Å². The molecule has 176 valence electrons. The van der Waals surface area contributed by atoms with Gasteiger partial charge in [0.15, 0.2) is 11.1 Å². The number of fused-ring (bicyclic) bond motifs is 1. The van der Waals surface area contributed by atoms with Crippen LogP contribution in [0.15, 0.2) is 46.3 Å². The van der Waals surface area contributed by atoms with Crippen LogP contribution in [0.3, 0.4) is 0 Å². The van der Waals surface area contributed by atoms with E-state index in [0.29, 0.717) is 28.2 Å². The van der Waals surface area contributed by atoms with E-state index in [0.717, 1.165) is 38.0 Å². The van der Waals surface area contributed by atoms with E-state index in [1.807, 2.05) is 18.2 Å². The van der Waals surface area contributed by atoms with Gasteiger partial charge in [-0.1, -0.05) is 6.92 Å². The van der Waals surface area contributed by atoms with Gasteiger partial charge in [0.05, 0.1) is 12.2 Å². The number of H-pyrrole nitrogens is 2. The van der Waals surface area contributed by atoms with E-state index in [-0.39, 0.29) is 11.6 Å². The normalized spacial score (nSPS) is 14.8. The fourth-order valence-corrected chi connectivity index (χ4v) is 3.90. The van der Waals surface area contributed by atoms with Crippen LogP contribution in [-0.2, 0) is 0 Å². The first kappa shape index (κ1) is 21.7. The minimum Gasteiger partial charge on any atom is -0.493 e. The molecule has 3 heterocycles. The SMILES string of the molecule is CCCN(CC)c1ccc(Nc2cc(=NC3CC3)n3nc/c(=C\c4[nH]c(=O)[nH]c4O)c3n2)cc1. The zero-order chi connectivity index (χ0) is 23.7. The Morgan fingerprint density at radius 1 is 1.26 bits per heavy atom. The summed E-state index contributed by atoms with van der Waals surface area (Å²) >= 11 is 0. The van der Waals surface area contributed by atoms with Crippen molar-refractivity contribution in [1.82, 2.24) is 24.6 Å². The van der Waals surface area contributed by atoms with Gasteiger partial charge in [0.1, 0.15) is 11.5 Å². The molecule has 0 spiro atoms. The Morgan fingerprint density at radius 2 is 2.06 bits per heavy atom. The van der Waals surface area contributed by atoms with Gasteiger partial charge in [0.2, 0.25) is 5.88 Å². The molecule has 10 heteroatoms. The Balaban J connectivity index is 1.54. The van der Waals surface area contributed by atoms with Crippen molar-refractivity contribution >= 4 is 28.9 Å². The summed E-state index contributed by atoms with van der Waals surface area (Å²) in [6.07, 6.45) is 6.51. The maximum atomic E-state index is 11.5. The zero-order valence-corrected chi connectivity index (χ0v) is 19.2. The smallest absolute Gasteiger partial charge is 0.326 e. The van der Waals surface area contributed by atoms with Crippen LogP contribution >= 0.6 is 0 Å². The van der Waals surface area contributed by atoms with Crippen LogP contribution in [0.4, 0.5) is 17.2 Å². The molecule has 34 heavy (non-hydrogen) atoms. The molecule has 0 saturated heterocycles. The van der Waals surface area contributed by atoms with Gasteiger partial charge in [-0.2, -0.15) is 9.61 Å². The lowest BCUT2D eigenvalue weighted by Crippen LogP contribution is -2.23. The minimum atomic E-state index is -0.482. The first-order chi connectivity index (χ1) is 16.5. The van der Waals surface area contributed by atoms with Crippen molar-refractivity contribution in [3.05, 3.63) is 63.4 Å². The number of aromatic hydroxyl groups is 1. The van der Waals surface area contributed by atoms with Crippen molar-refractivity contribution in [2.75, 3.05) is 23.3 Å². The molecule has 0 atom stereocenters. The third-order valence-corrected chi connectivity index (χ3v) is 5.76. The fraction of sp³-hybridized carbons (Fsp3) is 0.333. The number of aromatic nitrogens is 5. The van der Waals surface area contributed by atoms with Gasteiger partial charge >= 0.3 is 5.69 Å². The van der Waals surface area contributed by atoms with E-state index in [4.69, 9.17) is 9.98 Å². The number of hydrogen-bond acceptors (Lipinski definition) is 7. The molecule has 0 unspecified atom stereocenters. The Morgan fingerprint density at radius 3 is 2.71 bits per heavy atom. The lowest BCUT2D eigenvalue weighted by Gasteiger charge is -2.22. The summed E-state index contributed by atoms with van der Waals surface area (Å²) in [4.78, 5) is 28.3. The van der Waals surface area contributed by atoms with Crippen molar-refractivity contribution in [2.45, 2.75) is 39.2 Å².